The van der Waals surface area contributed by atoms with Crippen molar-refractivity contribution in [2.75, 3.05) is 29.1 Å². The highest BCUT2D eigenvalue weighted by Gasteiger charge is 2.18. The summed E-state index contributed by atoms with van der Waals surface area (Å²) in [6.07, 6.45) is 0. The monoisotopic (exact) mass is 497 g/mol. The number of aromatic nitrogens is 3. The molecular formula is C24H24ClN5OS2. The summed E-state index contributed by atoms with van der Waals surface area (Å²) in [7, 11) is 0. The number of thioether (sulfide) groups is 1. The Hall–Kier alpha value is -2.81. The van der Waals surface area contributed by atoms with E-state index >= 15 is 0 Å². The highest BCUT2D eigenvalue weighted by Crippen LogP contribution is 2.31. The summed E-state index contributed by atoms with van der Waals surface area (Å²) in [6.45, 7) is 6.15. The zero-order valence-electron chi connectivity index (χ0n) is 18.4. The van der Waals surface area contributed by atoms with Gasteiger partial charge in [-0.2, -0.15) is 0 Å². The maximum atomic E-state index is 12.6. The summed E-state index contributed by atoms with van der Waals surface area (Å²) in [4.78, 5) is 15.9. The molecule has 0 spiro atoms. The normalized spacial score (nSPS) is 10.9. The van der Waals surface area contributed by atoms with E-state index in [0.717, 1.165) is 40.9 Å². The third-order valence-corrected chi connectivity index (χ3v) is 7.12. The molecule has 2 aromatic heterocycles. The van der Waals surface area contributed by atoms with E-state index in [-0.39, 0.29) is 11.7 Å². The Balaban J connectivity index is 1.48. The van der Waals surface area contributed by atoms with Gasteiger partial charge in [-0.25, -0.2) is 0 Å². The smallest absolute Gasteiger partial charge is 0.234 e. The lowest BCUT2D eigenvalue weighted by Gasteiger charge is -2.21. The van der Waals surface area contributed by atoms with Crippen molar-refractivity contribution < 1.29 is 4.79 Å². The molecular weight excluding hydrogens is 474 g/mol. The fraction of sp³-hybridized carbons (Fsp3) is 0.208. The molecule has 0 atom stereocenters. The Morgan fingerprint density at radius 1 is 1.06 bits per heavy atom. The summed E-state index contributed by atoms with van der Waals surface area (Å²) in [5.74, 6) is 0.856. The number of anilines is 2. The van der Waals surface area contributed by atoms with Crippen molar-refractivity contribution in [2.24, 2.45) is 0 Å². The summed E-state index contributed by atoms with van der Waals surface area (Å²) >= 11 is 9.02. The van der Waals surface area contributed by atoms with Crippen molar-refractivity contribution >= 4 is 52.0 Å². The summed E-state index contributed by atoms with van der Waals surface area (Å²) in [5.41, 5.74) is 2.81. The highest BCUT2D eigenvalue weighted by atomic mass is 35.5. The number of carbonyl (C=O) groups excluding carboxylic acids is 1. The molecule has 170 valence electrons. The standard InChI is InChI=1S/C24H24ClN5OS2/c1-3-29(4-2)19-13-9-18(10-14-19)26-22(31)16-33-24-28-27-23(21-6-5-15-32-21)30(24)20-11-7-17(25)8-12-20/h5-15H,3-4,16H2,1-2H3,(H,26,31). The average molecular weight is 498 g/mol. The van der Waals surface area contributed by atoms with E-state index < -0.39 is 0 Å². The van der Waals surface area contributed by atoms with Crippen molar-refractivity contribution in [1.82, 2.24) is 14.8 Å². The predicted molar refractivity (Wildman–Crippen MR) is 139 cm³/mol. The summed E-state index contributed by atoms with van der Waals surface area (Å²) < 4.78 is 1.96. The lowest BCUT2D eigenvalue weighted by atomic mass is 10.2. The van der Waals surface area contributed by atoms with E-state index in [9.17, 15) is 4.79 Å². The lowest BCUT2D eigenvalue weighted by Crippen LogP contribution is -2.21. The van der Waals surface area contributed by atoms with Crippen LogP contribution in [0.25, 0.3) is 16.4 Å². The van der Waals surface area contributed by atoms with Crippen LogP contribution in [0.5, 0.6) is 0 Å². The van der Waals surface area contributed by atoms with E-state index in [4.69, 9.17) is 11.6 Å². The van der Waals surface area contributed by atoms with Gasteiger partial charge in [-0.3, -0.25) is 9.36 Å². The van der Waals surface area contributed by atoms with Crippen LogP contribution in [-0.4, -0.2) is 39.5 Å². The molecule has 0 bridgehead atoms. The lowest BCUT2D eigenvalue weighted by molar-refractivity contribution is -0.113. The number of hydrogen-bond donors (Lipinski definition) is 1. The van der Waals surface area contributed by atoms with Gasteiger partial charge in [0.15, 0.2) is 11.0 Å². The first-order chi connectivity index (χ1) is 16.1. The van der Waals surface area contributed by atoms with Crippen molar-refractivity contribution in [3.05, 3.63) is 71.1 Å². The second-order valence-corrected chi connectivity index (χ2v) is 9.48. The Labute approximate surface area is 206 Å². The predicted octanol–water partition coefficient (Wildman–Crippen LogP) is 6.23. The minimum absolute atomic E-state index is 0.0982. The van der Waals surface area contributed by atoms with Crippen LogP contribution in [0.1, 0.15) is 13.8 Å². The Bertz CT molecular complexity index is 1190. The average Bonchev–Trinajstić information content (AvgIpc) is 3.50. The quantitative estimate of drug-likeness (QED) is 0.278. The summed E-state index contributed by atoms with van der Waals surface area (Å²) in [5, 5.41) is 15.0. The van der Waals surface area contributed by atoms with Crippen molar-refractivity contribution in [3.8, 4) is 16.4 Å². The fourth-order valence-corrected chi connectivity index (χ4v) is 5.00. The van der Waals surface area contributed by atoms with Gasteiger partial charge in [0.25, 0.3) is 0 Å². The van der Waals surface area contributed by atoms with Gasteiger partial charge in [0.05, 0.1) is 10.6 Å². The summed E-state index contributed by atoms with van der Waals surface area (Å²) in [6, 6.07) is 19.4. The van der Waals surface area contributed by atoms with Crippen molar-refractivity contribution in [1.29, 1.82) is 0 Å². The number of benzene rings is 2. The molecule has 33 heavy (non-hydrogen) atoms. The van der Waals surface area contributed by atoms with Crippen LogP contribution in [0.3, 0.4) is 0 Å². The molecule has 2 heterocycles. The topological polar surface area (TPSA) is 63.1 Å². The molecule has 0 fully saturated rings. The molecule has 0 aliphatic carbocycles. The Kier molecular flexibility index (Phi) is 7.69. The van der Waals surface area contributed by atoms with Gasteiger partial charge in [-0.1, -0.05) is 29.4 Å². The maximum absolute atomic E-state index is 12.6. The molecule has 4 aromatic rings. The van der Waals surface area contributed by atoms with E-state index in [1.165, 1.54) is 11.8 Å². The Morgan fingerprint density at radius 3 is 2.42 bits per heavy atom. The Morgan fingerprint density at radius 2 is 1.79 bits per heavy atom. The van der Waals surface area contributed by atoms with E-state index in [0.29, 0.717) is 10.2 Å². The molecule has 9 heteroatoms. The molecule has 1 N–H and O–H groups in total. The molecule has 0 aliphatic heterocycles. The van der Waals surface area contributed by atoms with Gasteiger partial charge < -0.3 is 10.2 Å². The van der Waals surface area contributed by atoms with Crippen LogP contribution in [0.2, 0.25) is 5.02 Å². The molecule has 6 nitrogen and oxygen atoms in total. The molecule has 0 radical (unpaired) electrons. The number of amides is 1. The zero-order chi connectivity index (χ0) is 23.2. The van der Waals surface area contributed by atoms with E-state index in [1.54, 1.807) is 11.3 Å². The van der Waals surface area contributed by atoms with E-state index in [1.807, 2.05) is 70.6 Å². The van der Waals surface area contributed by atoms with E-state index in [2.05, 4.69) is 34.3 Å². The molecule has 1 amide bonds. The second-order valence-electron chi connectivity index (χ2n) is 7.15. The van der Waals surface area contributed by atoms with Gasteiger partial charge >= 0.3 is 0 Å². The maximum Gasteiger partial charge on any atom is 0.234 e. The number of carbonyl (C=O) groups is 1. The molecule has 2 aromatic carbocycles. The number of nitrogens with zero attached hydrogens (tertiary/aromatic N) is 4. The molecule has 0 saturated carbocycles. The van der Waals surface area contributed by atoms with Crippen LogP contribution in [0.15, 0.2) is 71.2 Å². The first-order valence-corrected chi connectivity index (χ1v) is 12.9. The SMILES string of the molecule is CCN(CC)c1ccc(NC(=O)CSc2nnc(-c3cccs3)n2-c2ccc(Cl)cc2)cc1. The van der Waals surface area contributed by atoms with Gasteiger partial charge in [-0.05, 0) is 73.8 Å². The van der Waals surface area contributed by atoms with Gasteiger partial charge in [-0.15, -0.1) is 21.5 Å². The number of halogens is 1. The minimum atomic E-state index is -0.0982. The zero-order valence-corrected chi connectivity index (χ0v) is 20.8. The molecule has 0 aliphatic rings. The number of nitrogens with one attached hydrogen (secondary N) is 1. The third kappa shape index (κ3) is 5.58. The molecule has 0 saturated heterocycles. The van der Waals surface area contributed by atoms with Crippen LogP contribution >= 0.6 is 34.7 Å². The highest BCUT2D eigenvalue weighted by molar-refractivity contribution is 7.99. The fourth-order valence-electron chi connectivity index (χ4n) is 3.42. The number of rotatable bonds is 9. The molecule has 4 rings (SSSR count). The van der Waals surface area contributed by atoms with Gasteiger partial charge in [0, 0.05) is 35.2 Å². The van der Waals surface area contributed by atoms with Crippen molar-refractivity contribution in [2.45, 2.75) is 19.0 Å². The van der Waals surface area contributed by atoms with Gasteiger partial charge in [0.1, 0.15) is 0 Å². The van der Waals surface area contributed by atoms with Gasteiger partial charge in [0.2, 0.25) is 5.91 Å². The second kappa shape index (κ2) is 10.9. The van der Waals surface area contributed by atoms with Crippen LogP contribution in [0.4, 0.5) is 11.4 Å². The van der Waals surface area contributed by atoms with Crippen molar-refractivity contribution in [3.63, 3.8) is 0 Å². The number of thiophene rings is 1. The van der Waals surface area contributed by atoms with Crippen LogP contribution in [0, 0.1) is 0 Å². The first kappa shape index (κ1) is 23.4. The number of hydrogen-bond acceptors (Lipinski definition) is 6. The minimum Gasteiger partial charge on any atom is -0.372 e. The third-order valence-electron chi connectivity index (χ3n) is 5.07. The largest absolute Gasteiger partial charge is 0.372 e. The first-order valence-electron chi connectivity index (χ1n) is 10.6. The van der Waals surface area contributed by atoms with Crippen LogP contribution < -0.4 is 10.2 Å². The van der Waals surface area contributed by atoms with Crippen LogP contribution in [-0.2, 0) is 4.79 Å². The molecule has 0 unspecified atom stereocenters.